The largest absolute Gasteiger partial charge is 0.377 e. The Morgan fingerprint density at radius 1 is 1.44 bits per heavy atom. The van der Waals surface area contributed by atoms with Gasteiger partial charge in [0, 0.05) is 38.7 Å². The van der Waals surface area contributed by atoms with Crippen LogP contribution in [-0.2, 0) is 4.79 Å². The Morgan fingerprint density at radius 2 is 2.19 bits per heavy atom. The fraction of sp³-hybridized carbons (Fsp3) is 0.417. The van der Waals surface area contributed by atoms with Crippen molar-refractivity contribution >= 4 is 11.6 Å². The average Bonchev–Trinajstić information content (AvgIpc) is 2.64. The fourth-order valence-electron chi connectivity index (χ4n) is 2.07. The first-order valence-corrected chi connectivity index (χ1v) is 5.31. The molecule has 86 valence electrons. The first kappa shape index (κ1) is 10.9. The molecule has 1 aliphatic rings. The molecule has 2 rings (SSSR count). The van der Waals surface area contributed by atoms with Crippen LogP contribution in [0.3, 0.4) is 0 Å². The average molecular weight is 222 g/mol. The summed E-state index contributed by atoms with van der Waals surface area (Å²) in [4.78, 5) is 13.1. The molecule has 0 bridgehead atoms. The van der Waals surface area contributed by atoms with Crippen LogP contribution in [0, 0.1) is 5.82 Å². The molecule has 0 aromatic heterocycles. The zero-order chi connectivity index (χ0) is 11.7. The third-order valence-electron chi connectivity index (χ3n) is 2.89. The molecule has 0 saturated carbocycles. The number of nitrogens with zero attached hydrogens (tertiary/aromatic N) is 1. The van der Waals surface area contributed by atoms with Crippen molar-refractivity contribution in [2.75, 3.05) is 25.5 Å². The molecule has 0 aliphatic carbocycles. The summed E-state index contributed by atoms with van der Waals surface area (Å²) in [6.07, 6.45) is 0.493. The van der Waals surface area contributed by atoms with Gasteiger partial charge in [-0.25, -0.2) is 4.39 Å². The standard InChI is InChI=1S/C12H15FN2O/c1-15(2)11-6-9(13)3-4-10(11)8-5-12(16)14-7-8/h3-4,6,8H,5,7H2,1-2H3,(H,14,16). The molecule has 1 unspecified atom stereocenters. The normalized spacial score (nSPS) is 19.7. The van der Waals surface area contributed by atoms with Crippen molar-refractivity contribution in [3.8, 4) is 0 Å². The Hall–Kier alpha value is -1.58. The van der Waals surface area contributed by atoms with E-state index in [2.05, 4.69) is 5.32 Å². The predicted molar refractivity (Wildman–Crippen MR) is 61.1 cm³/mol. The molecular formula is C12H15FN2O. The fourth-order valence-corrected chi connectivity index (χ4v) is 2.07. The molecule has 1 heterocycles. The molecule has 1 aromatic rings. The Kier molecular flexibility index (Phi) is 2.81. The maximum Gasteiger partial charge on any atom is 0.220 e. The summed E-state index contributed by atoms with van der Waals surface area (Å²) in [5.74, 6) is -0.0192. The van der Waals surface area contributed by atoms with Gasteiger partial charge in [0.25, 0.3) is 0 Å². The first-order valence-electron chi connectivity index (χ1n) is 5.31. The zero-order valence-corrected chi connectivity index (χ0v) is 9.46. The maximum atomic E-state index is 13.2. The highest BCUT2D eigenvalue weighted by Crippen LogP contribution is 2.31. The van der Waals surface area contributed by atoms with Crippen LogP contribution in [0.2, 0.25) is 0 Å². The second-order valence-corrected chi connectivity index (χ2v) is 4.30. The van der Waals surface area contributed by atoms with E-state index in [-0.39, 0.29) is 17.6 Å². The SMILES string of the molecule is CN(C)c1cc(F)ccc1C1CNC(=O)C1. The van der Waals surface area contributed by atoms with Gasteiger partial charge >= 0.3 is 0 Å². The minimum Gasteiger partial charge on any atom is -0.377 e. The topological polar surface area (TPSA) is 32.3 Å². The molecule has 1 fully saturated rings. The highest BCUT2D eigenvalue weighted by Gasteiger charge is 2.25. The van der Waals surface area contributed by atoms with Crippen molar-refractivity contribution in [3.63, 3.8) is 0 Å². The number of nitrogens with one attached hydrogen (secondary N) is 1. The predicted octanol–water partition coefficient (Wildman–Crippen LogP) is 1.50. The van der Waals surface area contributed by atoms with Crippen LogP contribution in [0.5, 0.6) is 0 Å². The molecule has 0 spiro atoms. The van der Waals surface area contributed by atoms with E-state index in [0.717, 1.165) is 11.3 Å². The maximum absolute atomic E-state index is 13.2. The minimum atomic E-state index is -0.246. The van der Waals surface area contributed by atoms with Crippen LogP contribution in [-0.4, -0.2) is 26.5 Å². The number of carbonyl (C=O) groups is 1. The van der Waals surface area contributed by atoms with Gasteiger partial charge in [0.1, 0.15) is 5.82 Å². The van der Waals surface area contributed by atoms with Crippen LogP contribution in [0.4, 0.5) is 10.1 Å². The third kappa shape index (κ3) is 2.01. The monoisotopic (exact) mass is 222 g/mol. The molecule has 1 N–H and O–H groups in total. The molecule has 1 saturated heterocycles. The number of halogens is 1. The summed E-state index contributed by atoms with van der Waals surface area (Å²) in [5, 5.41) is 2.80. The number of carbonyl (C=O) groups excluding carboxylic acids is 1. The van der Waals surface area contributed by atoms with Crippen LogP contribution in [0.1, 0.15) is 17.9 Å². The van der Waals surface area contributed by atoms with E-state index in [0.29, 0.717) is 13.0 Å². The molecule has 0 radical (unpaired) electrons. The lowest BCUT2D eigenvalue weighted by atomic mass is 9.96. The molecule has 1 aromatic carbocycles. The van der Waals surface area contributed by atoms with Crippen LogP contribution < -0.4 is 10.2 Å². The summed E-state index contributed by atoms with van der Waals surface area (Å²) < 4.78 is 13.2. The van der Waals surface area contributed by atoms with Crippen molar-refractivity contribution in [2.24, 2.45) is 0 Å². The van der Waals surface area contributed by atoms with Crippen molar-refractivity contribution in [2.45, 2.75) is 12.3 Å². The molecule has 1 aliphatic heterocycles. The summed E-state index contributed by atoms with van der Waals surface area (Å²) in [7, 11) is 3.75. The van der Waals surface area contributed by atoms with Gasteiger partial charge in [0.15, 0.2) is 0 Å². The van der Waals surface area contributed by atoms with Gasteiger partial charge in [0.05, 0.1) is 0 Å². The molecule has 3 nitrogen and oxygen atoms in total. The van der Waals surface area contributed by atoms with Gasteiger partial charge in [-0.15, -0.1) is 0 Å². The highest BCUT2D eigenvalue weighted by atomic mass is 19.1. The smallest absolute Gasteiger partial charge is 0.220 e. The van der Waals surface area contributed by atoms with E-state index in [1.807, 2.05) is 19.0 Å². The van der Waals surface area contributed by atoms with Gasteiger partial charge in [0.2, 0.25) is 5.91 Å². The number of hydrogen-bond acceptors (Lipinski definition) is 2. The lowest BCUT2D eigenvalue weighted by Crippen LogP contribution is -2.16. The summed E-state index contributed by atoms with van der Waals surface area (Å²) >= 11 is 0. The minimum absolute atomic E-state index is 0.0685. The molecule has 4 heteroatoms. The van der Waals surface area contributed by atoms with Crippen molar-refractivity contribution in [3.05, 3.63) is 29.6 Å². The van der Waals surface area contributed by atoms with Crippen molar-refractivity contribution in [1.29, 1.82) is 0 Å². The van der Waals surface area contributed by atoms with Crippen molar-refractivity contribution < 1.29 is 9.18 Å². The number of hydrogen-bond donors (Lipinski definition) is 1. The zero-order valence-electron chi connectivity index (χ0n) is 9.46. The lowest BCUT2D eigenvalue weighted by molar-refractivity contribution is -0.119. The number of rotatable bonds is 2. The summed E-state index contributed by atoms with van der Waals surface area (Å²) in [6, 6.07) is 4.73. The highest BCUT2D eigenvalue weighted by molar-refractivity contribution is 5.80. The Labute approximate surface area is 94.3 Å². The first-order chi connectivity index (χ1) is 7.58. The quantitative estimate of drug-likeness (QED) is 0.822. The Balaban J connectivity index is 2.36. The molecule has 1 atom stereocenters. The lowest BCUT2D eigenvalue weighted by Gasteiger charge is -2.20. The van der Waals surface area contributed by atoms with Gasteiger partial charge < -0.3 is 10.2 Å². The van der Waals surface area contributed by atoms with Crippen molar-refractivity contribution in [1.82, 2.24) is 5.32 Å². The van der Waals surface area contributed by atoms with E-state index in [4.69, 9.17) is 0 Å². The Morgan fingerprint density at radius 3 is 2.75 bits per heavy atom. The van der Waals surface area contributed by atoms with Gasteiger partial charge in [-0.05, 0) is 17.7 Å². The van der Waals surface area contributed by atoms with E-state index in [1.54, 1.807) is 6.07 Å². The number of benzene rings is 1. The second kappa shape index (κ2) is 4.12. The van der Waals surface area contributed by atoms with E-state index < -0.39 is 0 Å². The van der Waals surface area contributed by atoms with Crippen LogP contribution >= 0.6 is 0 Å². The third-order valence-corrected chi connectivity index (χ3v) is 2.89. The molecule has 16 heavy (non-hydrogen) atoms. The number of amides is 1. The Bertz CT molecular complexity index is 417. The van der Waals surface area contributed by atoms with Crippen LogP contribution in [0.15, 0.2) is 18.2 Å². The second-order valence-electron chi connectivity index (χ2n) is 4.30. The van der Waals surface area contributed by atoms with Gasteiger partial charge in [-0.1, -0.05) is 6.07 Å². The van der Waals surface area contributed by atoms with Gasteiger partial charge in [-0.3, -0.25) is 4.79 Å². The van der Waals surface area contributed by atoms with Crippen LogP contribution in [0.25, 0.3) is 0 Å². The van der Waals surface area contributed by atoms with E-state index in [1.165, 1.54) is 12.1 Å². The van der Waals surface area contributed by atoms with Gasteiger partial charge in [-0.2, -0.15) is 0 Å². The van der Waals surface area contributed by atoms with E-state index >= 15 is 0 Å². The molecule has 1 amide bonds. The number of anilines is 1. The summed E-state index contributed by atoms with van der Waals surface area (Å²) in [5.41, 5.74) is 1.88. The molecular weight excluding hydrogens is 207 g/mol. The van der Waals surface area contributed by atoms with E-state index in [9.17, 15) is 9.18 Å². The summed E-state index contributed by atoms with van der Waals surface area (Å²) in [6.45, 7) is 0.644.